The average Bonchev–Trinajstić information content (AvgIpc) is 1.99. The molecule has 0 saturated heterocycles. The molecule has 16 heavy (non-hydrogen) atoms. The predicted molar refractivity (Wildman–Crippen MR) is 64.5 cm³/mol. The number of rotatable bonds is 4. The van der Waals surface area contributed by atoms with Gasteiger partial charge in [-0.25, -0.2) is 4.79 Å². The first-order valence-electron chi connectivity index (χ1n) is 5.50. The van der Waals surface area contributed by atoms with Gasteiger partial charge in [0, 0.05) is 26.1 Å². The monoisotopic (exact) mass is 231 g/mol. The molecule has 0 aromatic carbocycles. The lowest BCUT2D eigenvalue weighted by molar-refractivity contribution is 0.0158. The Morgan fingerprint density at radius 2 is 1.69 bits per heavy atom. The lowest BCUT2D eigenvalue weighted by atomic mass is 9.94. The fraction of sp³-hybridized carbons (Fsp3) is 0.917. The van der Waals surface area contributed by atoms with Crippen LogP contribution in [0.2, 0.25) is 0 Å². The molecule has 0 saturated carbocycles. The molecule has 0 N–H and O–H groups in total. The topological polar surface area (TPSA) is 38.8 Å². The molecule has 0 aliphatic carbocycles. The van der Waals surface area contributed by atoms with Gasteiger partial charge in [0.15, 0.2) is 0 Å². The van der Waals surface area contributed by atoms with Crippen LogP contribution >= 0.6 is 0 Å². The molecule has 0 heterocycles. The van der Waals surface area contributed by atoms with E-state index in [2.05, 4.69) is 13.8 Å². The highest BCUT2D eigenvalue weighted by atomic mass is 16.6. The Balaban J connectivity index is 4.25. The molecule has 0 fully saturated rings. The summed E-state index contributed by atoms with van der Waals surface area (Å²) in [6.45, 7) is 10.9. The van der Waals surface area contributed by atoms with Gasteiger partial charge in [-0.2, -0.15) is 0 Å². The third kappa shape index (κ3) is 6.67. The van der Waals surface area contributed by atoms with E-state index < -0.39 is 5.60 Å². The Kier molecular flexibility index (Phi) is 5.26. The van der Waals surface area contributed by atoms with Crippen molar-refractivity contribution in [3.05, 3.63) is 0 Å². The summed E-state index contributed by atoms with van der Waals surface area (Å²) in [5, 5.41) is 0. The zero-order valence-corrected chi connectivity index (χ0v) is 11.6. The van der Waals surface area contributed by atoms with Crippen LogP contribution in [-0.4, -0.2) is 43.9 Å². The van der Waals surface area contributed by atoms with Crippen molar-refractivity contribution in [2.75, 3.05) is 27.3 Å². The SMILES string of the molecule is COCC(C)(C)CN(C)C(=O)OC(C)(C)C. The summed E-state index contributed by atoms with van der Waals surface area (Å²) in [6.07, 6.45) is -0.295. The van der Waals surface area contributed by atoms with Crippen molar-refractivity contribution < 1.29 is 14.3 Å². The van der Waals surface area contributed by atoms with E-state index in [4.69, 9.17) is 9.47 Å². The minimum absolute atomic E-state index is 0.0690. The lowest BCUT2D eigenvalue weighted by Crippen LogP contribution is -2.41. The van der Waals surface area contributed by atoms with E-state index >= 15 is 0 Å². The number of ether oxygens (including phenoxy) is 2. The molecule has 0 aromatic rings. The van der Waals surface area contributed by atoms with Crippen molar-refractivity contribution in [1.82, 2.24) is 4.90 Å². The maximum absolute atomic E-state index is 11.7. The lowest BCUT2D eigenvalue weighted by Gasteiger charge is -2.31. The third-order valence-corrected chi connectivity index (χ3v) is 1.91. The quantitative estimate of drug-likeness (QED) is 0.746. The van der Waals surface area contributed by atoms with Crippen molar-refractivity contribution in [3.63, 3.8) is 0 Å². The van der Waals surface area contributed by atoms with E-state index in [0.717, 1.165) is 0 Å². The number of carbonyl (C=O) groups is 1. The van der Waals surface area contributed by atoms with Crippen molar-refractivity contribution in [2.24, 2.45) is 5.41 Å². The van der Waals surface area contributed by atoms with Crippen LogP contribution in [0.25, 0.3) is 0 Å². The minimum Gasteiger partial charge on any atom is -0.444 e. The molecule has 0 unspecified atom stereocenters. The number of methoxy groups -OCH3 is 1. The zero-order valence-electron chi connectivity index (χ0n) is 11.6. The van der Waals surface area contributed by atoms with Crippen LogP contribution in [0, 0.1) is 5.41 Å². The first-order valence-corrected chi connectivity index (χ1v) is 5.50. The smallest absolute Gasteiger partial charge is 0.410 e. The van der Waals surface area contributed by atoms with Gasteiger partial charge in [-0.3, -0.25) is 0 Å². The Morgan fingerprint density at radius 3 is 2.06 bits per heavy atom. The number of carbonyl (C=O) groups excluding carboxylic acids is 1. The molecule has 0 radical (unpaired) electrons. The third-order valence-electron chi connectivity index (χ3n) is 1.91. The molecule has 0 atom stereocenters. The van der Waals surface area contributed by atoms with Gasteiger partial charge >= 0.3 is 6.09 Å². The van der Waals surface area contributed by atoms with Gasteiger partial charge in [-0.1, -0.05) is 13.8 Å². The van der Waals surface area contributed by atoms with E-state index in [1.165, 1.54) is 0 Å². The van der Waals surface area contributed by atoms with Gasteiger partial charge in [-0.15, -0.1) is 0 Å². The van der Waals surface area contributed by atoms with Crippen LogP contribution in [0.3, 0.4) is 0 Å². The molecule has 0 rings (SSSR count). The van der Waals surface area contributed by atoms with Crippen LogP contribution in [0.1, 0.15) is 34.6 Å². The standard InChI is InChI=1S/C12H25NO3/c1-11(2,3)16-10(14)13(6)8-12(4,5)9-15-7/h8-9H2,1-7H3. The van der Waals surface area contributed by atoms with Gasteiger partial charge in [0.2, 0.25) is 0 Å². The van der Waals surface area contributed by atoms with Crippen molar-refractivity contribution >= 4 is 6.09 Å². The highest BCUT2D eigenvalue weighted by Crippen LogP contribution is 2.18. The molecule has 0 spiro atoms. The summed E-state index contributed by atoms with van der Waals surface area (Å²) in [6, 6.07) is 0. The summed E-state index contributed by atoms with van der Waals surface area (Å²) in [5.74, 6) is 0. The fourth-order valence-corrected chi connectivity index (χ4v) is 1.48. The van der Waals surface area contributed by atoms with Crippen LogP contribution in [0.4, 0.5) is 4.79 Å². The van der Waals surface area contributed by atoms with Crippen LogP contribution < -0.4 is 0 Å². The largest absolute Gasteiger partial charge is 0.444 e. The Hall–Kier alpha value is -0.770. The molecule has 4 nitrogen and oxygen atoms in total. The molecule has 0 aliphatic heterocycles. The fourth-order valence-electron chi connectivity index (χ4n) is 1.48. The van der Waals surface area contributed by atoms with E-state index in [1.54, 1.807) is 19.1 Å². The average molecular weight is 231 g/mol. The molecule has 0 aliphatic rings. The van der Waals surface area contributed by atoms with E-state index in [1.807, 2.05) is 20.8 Å². The van der Waals surface area contributed by atoms with Gasteiger partial charge in [0.1, 0.15) is 5.60 Å². The minimum atomic E-state index is -0.448. The van der Waals surface area contributed by atoms with Gasteiger partial charge in [-0.05, 0) is 20.8 Å². The number of nitrogens with zero attached hydrogens (tertiary/aromatic N) is 1. The maximum Gasteiger partial charge on any atom is 0.410 e. The van der Waals surface area contributed by atoms with Gasteiger partial charge in [0.25, 0.3) is 0 Å². The van der Waals surface area contributed by atoms with E-state index in [9.17, 15) is 4.79 Å². The maximum atomic E-state index is 11.7. The first kappa shape index (κ1) is 15.2. The second-order valence-corrected chi connectivity index (χ2v) is 5.93. The highest BCUT2D eigenvalue weighted by Gasteiger charge is 2.25. The molecule has 4 heteroatoms. The Labute approximate surface area is 98.9 Å². The number of hydrogen-bond acceptors (Lipinski definition) is 3. The van der Waals surface area contributed by atoms with E-state index in [-0.39, 0.29) is 11.5 Å². The summed E-state index contributed by atoms with van der Waals surface area (Å²) >= 11 is 0. The molecule has 96 valence electrons. The molecule has 1 amide bonds. The van der Waals surface area contributed by atoms with Gasteiger partial charge in [0.05, 0.1) is 6.61 Å². The van der Waals surface area contributed by atoms with Crippen molar-refractivity contribution in [3.8, 4) is 0 Å². The van der Waals surface area contributed by atoms with Crippen LogP contribution in [-0.2, 0) is 9.47 Å². The second kappa shape index (κ2) is 5.53. The second-order valence-electron chi connectivity index (χ2n) is 5.93. The molecule has 0 aromatic heterocycles. The van der Waals surface area contributed by atoms with Crippen LogP contribution in [0.5, 0.6) is 0 Å². The van der Waals surface area contributed by atoms with Gasteiger partial charge < -0.3 is 14.4 Å². The first-order chi connectivity index (χ1) is 7.07. The Morgan fingerprint density at radius 1 is 1.19 bits per heavy atom. The number of amides is 1. The Bertz CT molecular complexity index is 231. The summed E-state index contributed by atoms with van der Waals surface area (Å²) in [4.78, 5) is 13.3. The molecular weight excluding hydrogens is 206 g/mol. The van der Waals surface area contributed by atoms with E-state index in [0.29, 0.717) is 13.2 Å². The van der Waals surface area contributed by atoms with Crippen LogP contribution in [0.15, 0.2) is 0 Å². The number of hydrogen-bond donors (Lipinski definition) is 0. The summed E-state index contributed by atoms with van der Waals surface area (Å²) in [5.41, 5.74) is -0.517. The highest BCUT2D eigenvalue weighted by molar-refractivity contribution is 5.67. The normalized spacial score (nSPS) is 12.4. The zero-order chi connectivity index (χ0) is 13.0. The van der Waals surface area contributed by atoms with Crippen molar-refractivity contribution in [2.45, 2.75) is 40.2 Å². The molecule has 0 bridgehead atoms. The molecular formula is C12H25NO3. The van der Waals surface area contributed by atoms with Crippen molar-refractivity contribution in [1.29, 1.82) is 0 Å². The summed E-state index contributed by atoms with van der Waals surface area (Å²) in [7, 11) is 3.40. The predicted octanol–water partition coefficient (Wildman–Crippen LogP) is 2.53. The summed E-state index contributed by atoms with van der Waals surface area (Å²) < 4.78 is 10.4.